The number of nitrogens with zero attached hydrogens (tertiary/aromatic N) is 1. The van der Waals surface area contributed by atoms with E-state index in [2.05, 4.69) is 0 Å². The van der Waals surface area contributed by atoms with Gasteiger partial charge in [0.05, 0.1) is 11.6 Å². The highest BCUT2D eigenvalue weighted by molar-refractivity contribution is 5.86. The summed E-state index contributed by atoms with van der Waals surface area (Å²) >= 11 is 0. The molecule has 1 aromatic carbocycles. The molecule has 2 rings (SSSR count). The average Bonchev–Trinajstić information content (AvgIpc) is 2.71. The minimum atomic E-state index is -1.07. The summed E-state index contributed by atoms with van der Waals surface area (Å²) in [6.07, 6.45) is 2.32. The number of carbonyl (C=O) groups is 1. The molecule has 0 radical (unpaired) electrons. The van der Waals surface area contributed by atoms with Gasteiger partial charge in [-0.25, -0.2) is 4.79 Å². The molecule has 80 valence electrons. The van der Waals surface area contributed by atoms with Gasteiger partial charge in [0.1, 0.15) is 0 Å². The average molecular weight is 217 g/mol. The second-order valence-electron chi connectivity index (χ2n) is 3.08. The number of benzene rings is 1. The van der Waals surface area contributed by atoms with Gasteiger partial charge in [-0.2, -0.15) is 5.26 Å². The summed E-state index contributed by atoms with van der Waals surface area (Å²) in [5, 5.41) is 17.4. The highest BCUT2D eigenvalue weighted by atomic mass is 16.7. The van der Waals surface area contributed by atoms with Crippen LogP contribution in [0.15, 0.2) is 18.2 Å². The zero-order valence-electron chi connectivity index (χ0n) is 8.14. The summed E-state index contributed by atoms with van der Waals surface area (Å²) in [4.78, 5) is 10.4. The molecular formula is C11H7NO4. The third-order valence-corrected chi connectivity index (χ3v) is 2.07. The number of ether oxygens (including phenoxy) is 2. The van der Waals surface area contributed by atoms with E-state index in [1.807, 2.05) is 6.07 Å². The van der Waals surface area contributed by atoms with Gasteiger partial charge in [-0.15, -0.1) is 0 Å². The van der Waals surface area contributed by atoms with E-state index in [4.69, 9.17) is 19.8 Å². The Hall–Kier alpha value is -2.48. The molecule has 1 aromatic rings. The molecule has 0 unspecified atom stereocenters. The lowest BCUT2D eigenvalue weighted by Gasteiger charge is -2.00. The van der Waals surface area contributed by atoms with Crippen LogP contribution in [0.4, 0.5) is 0 Å². The van der Waals surface area contributed by atoms with Crippen molar-refractivity contribution in [3.8, 4) is 17.6 Å². The van der Waals surface area contributed by atoms with Crippen LogP contribution in [0.25, 0.3) is 6.08 Å². The molecule has 0 aromatic heterocycles. The quantitative estimate of drug-likeness (QED) is 0.757. The molecule has 0 spiro atoms. The Morgan fingerprint density at radius 1 is 1.44 bits per heavy atom. The first-order chi connectivity index (χ1) is 7.70. The molecule has 0 saturated carbocycles. The third-order valence-electron chi connectivity index (χ3n) is 2.07. The van der Waals surface area contributed by atoms with Crippen molar-refractivity contribution in [3.63, 3.8) is 0 Å². The second-order valence-corrected chi connectivity index (χ2v) is 3.08. The Labute approximate surface area is 91.1 Å². The SMILES string of the molecule is N#Cc1cc2c(cc1C=CC(=O)O)OCO2. The van der Waals surface area contributed by atoms with Crippen molar-refractivity contribution < 1.29 is 19.4 Å². The van der Waals surface area contributed by atoms with Crippen molar-refractivity contribution in [2.45, 2.75) is 0 Å². The molecule has 1 aliphatic heterocycles. The number of aliphatic carboxylic acids is 1. The summed E-state index contributed by atoms with van der Waals surface area (Å²) < 4.78 is 10.2. The van der Waals surface area contributed by atoms with Crippen LogP contribution >= 0.6 is 0 Å². The van der Waals surface area contributed by atoms with Crippen LogP contribution in [-0.2, 0) is 4.79 Å². The zero-order valence-corrected chi connectivity index (χ0v) is 8.14. The van der Waals surface area contributed by atoms with Crippen LogP contribution in [0.2, 0.25) is 0 Å². The van der Waals surface area contributed by atoms with Crippen LogP contribution in [0.3, 0.4) is 0 Å². The molecule has 1 N–H and O–H groups in total. The highest BCUT2D eigenvalue weighted by Crippen LogP contribution is 2.34. The molecule has 0 fully saturated rings. The van der Waals surface area contributed by atoms with Gasteiger partial charge in [0.15, 0.2) is 11.5 Å². The highest BCUT2D eigenvalue weighted by Gasteiger charge is 2.16. The van der Waals surface area contributed by atoms with Crippen LogP contribution in [0.1, 0.15) is 11.1 Å². The fourth-order valence-electron chi connectivity index (χ4n) is 1.35. The maximum Gasteiger partial charge on any atom is 0.328 e. The lowest BCUT2D eigenvalue weighted by Crippen LogP contribution is -1.92. The molecule has 1 aliphatic rings. The molecule has 0 atom stereocenters. The van der Waals surface area contributed by atoms with Gasteiger partial charge in [0, 0.05) is 12.1 Å². The standard InChI is InChI=1S/C11H7NO4/c12-5-8-4-10-9(15-6-16-10)3-7(8)1-2-11(13)14/h1-4H,6H2,(H,13,14). The van der Waals surface area contributed by atoms with E-state index in [0.717, 1.165) is 6.08 Å². The monoisotopic (exact) mass is 217 g/mol. The fraction of sp³-hybridized carbons (Fsp3) is 0.0909. The molecule has 1 heterocycles. The Bertz CT molecular complexity index is 513. The maximum absolute atomic E-state index is 10.4. The number of fused-ring (bicyclic) bond motifs is 1. The first-order valence-electron chi connectivity index (χ1n) is 4.45. The lowest BCUT2D eigenvalue weighted by atomic mass is 10.1. The minimum absolute atomic E-state index is 0.117. The topological polar surface area (TPSA) is 79.6 Å². The zero-order chi connectivity index (χ0) is 11.5. The number of hydrogen-bond donors (Lipinski definition) is 1. The van der Waals surface area contributed by atoms with Crippen LogP contribution in [-0.4, -0.2) is 17.9 Å². The van der Waals surface area contributed by atoms with Crippen molar-refractivity contribution in [2.24, 2.45) is 0 Å². The van der Waals surface area contributed by atoms with Gasteiger partial charge in [-0.3, -0.25) is 0 Å². The van der Waals surface area contributed by atoms with Crippen LogP contribution in [0.5, 0.6) is 11.5 Å². The van der Waals surface area contributed by atoms with E-state index in [1.54, 1.807) is 6.07 Å². The lowest BCUT2D eigenvalue weighted by molar-refractivity contribution is -0.131. The van der Waals surface area contributed by atoms with E-state index in [-0.39, 0.29) is 6.79 Å². The van der Waals surface area contributed by atoms with Crippen LogP contribution in [0, 0.1) is 11.3 Å². The van der Waals surface area contributed by atoms with Gasteiger partial charge in [0.2, 0.25) is 6.79 Å². The Morgan fingerprint density at radius 2 is 2.12 bits per heavy atom. The van der Waals surface area contributed by atoms with Crippen molar-refractivity contribution in [1.82, 2.24) is 0 Å². The van der Waals surface area contributed by atoms with Gasteiger partial charge >= 0.3 is 5.97 Å². The number of nitriles is 1. The van der Waals surface area contributed by atoms with Gasteiger partial charge in [-0.1, -0.05) is 0 Å². The van der Waals surface area contributed by atoms with Gasteiger partial charge in [-0.05, 0) is 17.7 Å². The molecule has 0 saturated heterocycles. The van der Waals surface area contributed by atoms with Crippen molar-refractivity contribution >= 4 is 12.0 Å². The number of rotatable bonds is 2. The Balaban J connectivity index is 2.45. The summed E-state index contributed by atoms with van der Waals surface area (Å²) in [7, 11) is 0. The summed E-state index contributed by atoms with van der Waals surface area (Å²) in [6.45, 7) is 0.117. The number of carboxylic acids is 1. The van der Waals surface area contributed by atoms with E-state index >= 15 is 0 Å². The molecule has 0 aliphatic carbocycles. The largest absolute Gasteiger partial charge is 0.478 e. The molecular weight excluding hydrogens is 210 g/mol. The Morgan fingerprint density at radius 3 is 2.75 bits per heavy atom. The number of carboxylic acid groups (broad SMARTS) is 1. The number of hydrogen-bond acceptors (Lipinski definition) is 4. The van der Waals surface area contributed by atoms with E-state index in [1.165, 1.54) is 12.1 Å². The first kappa shape index (κ1) is 10.1. The predicted octanol–water partition coefficient (Wildman–Crippen LogP) is 1.38. The van der Waals surface area contributed by atoms with Gasteiger partial charge in [0.25, 0.3) is 0 Å². The Kier molecular flexibility index (Phi) is 2.48. The molecule has 5 nitrogen and oxygen atoms in total. The normalized spacial score (nSPS) is 12.7. The van der Waals surface area contributed by atoms with E-state index < -0.39 is 5.97 Å². The van der Waals surface area contributed by atoms with E-state index in [0.29, 0.717) is 22.6 Å². The van der Waals surface area contributed by atoms with Crippen molar-refractivity contribution in [3.05, 3.63) is 29.3 Å². The maximum atomic E-state index is 10.4. The smallest absolute Gasteiger partial charge is 0.328 e. The molecule has 16 heavy (non-hydrogen) atoms. The predicted molar refractivity (Wildman–Crippen MR) is 53.9 cm³/mol. The first-order valence-corrected chi connectivity index (χ1v) is 4.45. The van der Waals surface area contributed by atoms with Gasteiger partial charge < -0.3 is 14.6 Å². The fourth-order valence-corrected chi connectivity index (χ4v) is 1.35. The van der Waals surface area contributed by atoms with E-state index in [9.17, 15) is 4.79 Å². The van der Waals surface area contributed by atoms with Crippen LogP contribution < -0.4 is 9.47 Å². The van der Waals surface area contributed by atoms with Crippen molar-refractivity contribution in [2.75, 3.05) is 6.79 Å². The minimum Gasteiger partial charge on any atom is -0.478 e. The summed E-state index contributed by atoms with van der Waals surface area (Å²) in [6, 6.07) is 5.08. The molecule has 0 bridgehead atoms. The third kappa shape index (κ3) is 1.81. The summed E-state index contributed by atoms with van der Waals surface area (Å²) in [5.41, 5.74) is 0.843. The molecule has 5 heteroatoms. The second kappa shape index (κ2) is 3.95. The summed E-state index contributed by atoms with van der Waals surface area (Å²) in [5.74, 6) is -0.0466. The molecule has 0 amide bonds. The van der Waals surface area contributed by atoms with Crippen molar-refractivity contribution in [1.29, 1.82) is 5.26 Å².